The van der Waals surface area contributed by atoms with E-state index in [9.17, 15) is 0 Å². The van der Waals surface area contributed by atoms with E-state index in [1.807, 2.05) is 30.3 Å². The summed E-state index contributed by atoms with van der Waals surface area (Å²) in [5.41, 5.74) is 0. The van der Waals surface area contributed by atoms with E-state index < -0.39 is 0 Å². The summed E-state index contributed by atoms with van der Waals surface area (Å²) in [4.78, 5) is 0. The van der Waals surface area contributed by atoms with E-state index in [4.69, 9.17) is 9.47 Å². The molecule has 13 heavy (non-hydrogen) atoms. The largest absolute Gasteiger partial charge is 0.468 e. The highest BCUT2D eigenvalue weighted by Crippen LogP contribution is 2.07. The minimum Gasteiger partial charge on any atom is -0.468 e. The van der Waals surface area contributed by atoms with Crippen molar-refractivity contribution in [1.82, 2.24) is 0 Å². The molecule has 72 valence electrons. The molecule has 0 aliphatic rings. The molecule has 0 fully saturated rings. The van der Waals surface area contributed by atoms with E-state index in [-0.39, 0.29) is 20.3 Å². The van der Waals surface area contributed by atoms with Crippen LogP contribution in [0.3, 0.4) is 0 Å². The van der Waals surface area contributed by atoms with Gasteiger partial charge in [0.1, 0.15) is 5.75 Å². The van der Waals surface area contributed by atoms with Gasteiger partial charge in [-0.15, -0.1) is 6.58 Å². The molecule has 3 heteroatoms. The number of benzene rings is 1. The van der Waals surface area contributed by atoms with Gasteiger partial charge in [-0.1, -0.05) is 24.3 Å². The summed E-state index contributed by atoms with van der Waals surface area (Å²) in [6.45, 7) is 4.32. The van der Waals surface area contributed by atoms with Gasteiger partial charge < -0.3 is 9.47 Å². The molecular formula is C10H14O2S. The molecule has 0 aliphatic carbocycles. The third kappa shape index (κ3) is 5.33. The van der Waals surface area contributed by atoms with Crippen LogP contribution in [0.1, 0.15) is 0 Å². The Morgan fingerprint density at radius 3 is 2.54 bits per heavy atom. The number of ether oxygens (including phenoxy) is 2. The first-order chi connectivity index (χ1) is 5.93. The minimum atomic E-state index is 0. The van der Waals surface area contributed by atoms with Gasteiger partial charge in [0.15, 0.2) is 6.79 Å². The summed E-state index contributed by atoms with van der Waals surface area (Å²) in [5, 5.41) is 0. The summed E-state index contributed by atoms with van der Waals surface area (Å²) < 4.78 is 10.3. The predicted octanol–water partition coefficient (Wildman–Crippen LogP) is 2.34. The summed E-state index contributed by atoms with van der Waals surface area (Å²) in [6.07, 6.45) is 1.69. The van der Waals surface area contributed by atoms with E-state index in [1.165, 1.54) is 0 Å². The summed E-state index contributed by atoms with van der Waals surface area (Å²) in [6, 6.07) is 9.55. The van der Waals surface area contributed by atoms with Crippen molar-refractivity contribution in [3.63, 3.8) is 0 Å². The molecule has 0 amide bonds. The highest BCUT2D eigenvalue weighted by Gasteiger charge is 1.88. The van der Waals surface area contributed by atoms with Crippen LogP contribution in [0.5, 0.6) is 5.75 Å². The van der Waals surface area contributed by atoms with Gasteiger partial charge in [-0.2, -0.15) is 13.5 Å². The third-order valence-corrected chi connectivity index (χ3v) is 1.29. The van der Waals surface area contributed by atoms with Crippen molar-refractivity contribution >= 4 is 13.5 Å². The average Bonchev–Trinajstić information content (AvgIpc) is 2.14. The minimum absolute atomic E-state index is 0. The SMILES string of the molecule is C=CCOCOc1ccccc1.S. The van der Waals surface area contributed by atoms with Crippen LogP contribution in [0.15, 0.2) is 43.0 Å². The van der Waals surface area contributed by atoms with E-state index in [0.717, 1.165) is 5.75 Å². The van der Waals surface area contributed by atoms with Crippen LogP contribution in [0, 0.1) is 0 Å². The summed E-state index contributed by atoms with van der Waals surface area (Å²) >= 11 is 0. The second-order valence-corrected chi connectivity index (χ2v) is 2.23. The molecule has 1 rings (SSSR count). The molecule has 0 atom stereocenters. The fourth-order valence-electron chi connectivity index (χ4n) is 0.758. The summed E-state index contributed by atoms with van der Waals surface area (Å²) in [7, 11) is 0. The second-order valence-electron chi connectivity index (χ2n) is 2.23. The molecule has 0 saturated heterocycles. The maximum absolute atomic E-state index is 5.24. The maximum atomic E-state index is 5.24. The number of hydrogen-bond donors (Lipinski definition) is 0. The first-order valence-electron chi connectivity index (χ1n) is 3.80. The van der Waals surface area contributed by atoms with Crippen LogP contribution in [-0.2, 0) is 4.74 Å². The lowest BCUT2D eigenvalue weighted by Gasteiger charge is -2.04. The van der Waals surface area contributed by atoms with Gasteiger partial charge in [0.25, 0.3) is 0 Å². The zero-order valence-electron chi connectivity index (χ0n) is 7.40. The van der Waals surface area contributed by atoms with Gasteiger partial charge in [-0.25, -0.2) is 0 Å². The van der Waals surface area contributed by atoms with Crippen molar-refractivity contribution in [1.29, 1.82) is 0 Å². The van der Waals surface area contributed by atoms with Gasteiger partial charge in [0.2, 0.25) is 0 Å². The van der Waals surface area contributed by atoms with Gasteiger partial charge in [0.05, 0.1) is 6.61 Å². The van der Waals surface area contributed by atoms with Crippen LogP contribution >= 0.6 is 13.5 Å². The molecule has 0 spiro atoms. The highest BCUT2D eigenvalue weighted by molar-refractivity contribution is 7.59. The Balaban J connectivity index is 0.00000144. The Morgan fingerprint density at radius 1 is 1.23 bits per heavy atom. The van der Waals surface area contributed by atoms with Crippen LogP contribution < -0.4 is 4.74 Å². The van der Waals surface area contributed by atoms with Crippen molar-refractivity contribution in [2.24, 2.45) is 0 Å². The molecule has 1 aromatic rings. The smallest absolute Gasteiger partial charge is 0.189 e. The standard InChI is InChI=1S/C10H12O2.H2S/c1-2-8-11-9-12-10-6-4-3-5-7-10;/h2-7H,1,8-9H2;1H2. The third-order valence-electron chi connectivity index (χ3n) is 1.29. The molecule has 0 aromatic heterocycles. The Morgan fingerprint density at radius 2 is 1.92 bits per heavy atom. The average molecular weight is 198 g/mol. The van der Waals surface area contributed by atoms with Crippen LogP contribution in [-0.4, -0.2) is 13.4 Å². The molecule has 0 radical (unpaired) electrons. The first-order valence-corrected chi connectivity index (χ1v) is 3.80. The monoisotopic (exact) mass is 198 g/mol. The second kappa shape index (κ2) is 7.71. The molecule has 0 N–H and O–H groups in total. The number of para-hydroxylation sites is 1. The van der Waals surface area contributed by atoms with Crippen molar-refractivity contribution in [3.05, 3.63) is 43.0 Å². The zero-order chi connectivity index (χ0) is 8.65. The van der Waals surface area contributed by atoms with E-state index in [1.54, 1.807) is 6.08 Å². The van der Waals surface area contributed by atoms with Crippen LogP contribution in [0.2, 0.25) is 0 Å². The van der Waals surface area contributed by atoms with E-state index in [2.05, 4.69) is 6.58 Å². The van der Waals surface area contributed by atoms with Gasteiger partial charge in [0, 0.05) is 0 Å². The Hall–Kier alpha value is -0.930. The van der Waals surface area contributed by atoms with E-state index >= 15 is 0 Å². The topological polar surface area (TPSA) is 18.5 Å². The van der Waals surface area contributed by atoms with Gasteiger partial charge in [-0.3, -0.25) is 0 Å². The first kappa shape index (κ1) is 12.1. The molecule has 1 aromatic carbocycles. The molecule has 0 saturated carbocycles. The summed E-state index contributed by atoms with van der Waals surface area (Å²) in [5.74, 6) is 0.821. The molecule has 2 nitrogen and oxygen atoms in total. The number of rotatable bonds is 5. The predicted molar refractivity (Wildman–Crippen MR) is 58.5 cm³/mol. The molecule has 0 heterocycles. The molecule has 0 unspecified atom stereocenters. The Labute approximate surface area is 85.6 Å². The van der Waals surface area contributed by atoms with E-state index in [0.29, 0.717) is 6.61 Å². The molecule has 0 aliphatic heterocycles. The lowest BCUT2D eigenvalue weighted by molar-refractivity contribution is 0.0307. The maximum Gasteiger partial charge on any atom is 0.189 e. The van der Waals surface area contributed by atoms with Crippen LogP contribution in [0.25, 0.3) is 0 Å². The Bertz CT molecular complexity index is 224. The fraction of sp³-hybridized carbons (Fsp3) is 0.200. The van der Waals surface area contributed by atoms with Crippen LogP contribution in [0.4, 0.5) is 0 Å². The van der Waals surface area contributed by atoms with Gasteiger partial charge >= 0.3 is 0 Å². The fourth-order valence-corrected chi connectivity index (χ4v) is 0.758. The van der Waals surface area contributed by atoms with Crippen molar-refractivity contribution < 1.29 is 9.47 Å². The normalized spacial score (nSPS) is 8.62. The van der Waals surface area contributed by atoms with Gasteiger partial charge in [-0.05, 0) is 12.1 Å². The number of hydrogen-bond acceptors (Lipinski definition) is 2. The quantitative estimate of drug-likeness (QED) is 0.411. The highest BCUT2D eigenvalue weighted by atomic mass is 32.1. The molecular weight excluding hydrogens is 184 g/mol. The lowest BCUT2D eigenvalue weighted by atomic mass is 10.3. The Kier molecular flexibility index (Phi) is 7.15. The molecule has 0 bridgehead atoms. The zero-order valence-corrected chi connectivity index (χ0v) is 8.40. The van der Waals surface area contributed by atoms with Crippen molar-refractivity contribution in [3.8, 4) is 5.75 Å². The van der Waals surface area contributed by atoms with Crippen molar-refractivity contribution in [2.45, 2.75) is 0 Å². The van der Waals surface area contributed by atoms with Crippen molar-refractivity contribution in [2.75, 3.05) is 13.4 Å². The lowest BCUT2D eigenvalue weighted by Crippen LogP contribution is -2.01.